The van der Waals surface area contributed by atoms with E-state index in [1.165, 1.54) is 6.07 Å². The van der Waals surface area contributed by atoms with E-state index in [9.17, 15) is 23.2 Å². The molecule has 0 spiro atoms. The average Bonchev–Trinajstić information content (AvgIpc) is 2.78. The monoisotopic (exact) mass is 497 g/mol. The summed E-state index contributed by atoms with van der Waals surface area (Å²) in [7, 11) is 0. The maximum atomic E-state index is 14.1. The second-order valence-electron chi connectivity index (χ2n) is 9.45. The van der Waals surface area contributed by atoms with Gasteiger partial charge < -0.3 is 20.8 Å². The van der Waals surface area contributed by atoms with Gasteiger partial charge >= 0.3 is 5.97 Å². The first-order chi connectivity index (χ1) is 16.9. The van der Waals surface area contributed by atoms with Crippen LogP contribution in [0.1, 0.15) is 49.2 Å². The Kier molecular flexibility index (Phi) is 8.04. The third kappa shape index (κ3) is 6.63. The number of aromatic amines is 1. The molecule has 0 aliphatic carbocycles. The number of benzene rings is 2. The molecule has 3 rings (SSSR count). The molecule has 0 saturated heterocycles. The van der Waals surface area contributed by atoms with Crippen LogP contribution in [0, 0.1) is 11.6 Å². The Hall–Kier alpha value is -3.85. The topological polar surface area (TPSA) is 114 Å². The van der Waals surface area contributed by atoms with Crippen molar-refractivity contribution in [3.63, 3.8) is 0 Å². The van der Waals surface area contributed by atoms with E-state index in [2.05, 4.69) is 10.3 Å². The number of nitrogens with one attached hydrogen (secondary N) is 2. The second kappa shape index (κ2) is 10.8. The molecule has 0 saturated carbocycles. The van der Waals surface area contributed by atoms with Gasteiger partial charge in [-0.3, -0.25) is 14.4 Å². The molecule has 190 valence electrons. The smallest absolute Gasteiger partial charge is 0.323 e. The largest absolute Gasteiger partial charge is 0.459 e. The van der Waals surface area contributed by atoms with Gasteiger partial charge in [-0.1, -0.05) is 24.3 Å². The highest BCUT2D eigenvalue weighted by Gasteiger charge is 2.22. The normalized spacial score (nSPS) is 12.3. The maximum Gasteiger partial charge on any atom is 0.323 e. The molecule has 0 unspecified atom stereocenters. The molecule has 36 heavy (non-hydrogen) atoms. The molecule has 4 N–H and O–H groups in total. The van der Waals surface area contributed by atoms with Gasteiger partial charge in [0.2, 0.25) is 0 Å². The fourth-order valence-corrected chi connectivity index (χ4v) is 3.52. The van der Waals surface area contributed by atoms with Gasteiger partial charge in [0.1, 0.15) is 29.1 Å². The number of anilines is 1. The van der Waals surface area contributed by atoms with Gasteiger partial charge in [0.05, 0.1) is 11.1 Å². The van der Waals surface area contributed by atoms with E-state index in [1.54, 1.807) is 19.1 Å². The van der Waals surface area contributed by atoms with E-state index in [-0.39, 0.29) is 28.5 Å². The van der Waals surface area contributed by atoms with Crippen LogP contribution in [-0.2, 0) is 16.0 Å². The fourth-order valence-electron chi connectivity index (χ4n) is 3.52. The molecular formula is C27H29F2N3O4. The van der Waals surface area contributed by atoms with Crippen molar-refractivity contribution in [1.82, 2.24) is 10.3 Å². The van der Waals surface area contributed by atoms with E-state index in [0.29, 0.717) is 24.6 Å². The number of hydrogen-bond donors (Lipinski definition) is 3. The summed E-state index contributed by atoms with van der Waals surface area (Å²) in [5, 5.41) is 3.12. The lowest BCUT2D eigenvalue weighted by Crippen LogP contribution is -2.40. The molecule has 0 aliphatic heterocycles. The zero-order valence-corrected chi connectivity index (χ0v) is 20.6. The van der Waals surface area contributed by atoms with Crippen molar-refractivity contribution in [2.75, 3.05) is 12.3 Å². The van der Waals surface area contributed by atoms with Crippen LogP contribution in [0.25, 0.3) is 11.1 Å². The van der Waals surface area contributed by atoms with Crippen molar-refractivity contribution in [2.24, 2.45) is 0 Å². The molecular weight excluding hydrogens is 468 g/mol. The fraction of sp³-hybridized carbons (Fsp3) is 0.296. The lowest BCUT2D eigenvalue weighted by atomic mass is 9.98. The van der Waals surface area contributed by atoms with Crippen molar-refractivity contribution in [1.29, 1.82) is 0 Å². The Morgan fingerprint density at radius 1 is 1.06 bits per heavy atom. The molecule has 1 heterocycles. The number of nitrogens with two attached hydrogens (primary N) is 1. The maximum absolute atomic E-state index is 14.1. The first-order valence-electron chi connectivity index (χ1n) is 11.4. The number of halogens is 2. The standard InChI is InChI=1S/C27H29F2N3O4/c1-15(26(35)36-27(2,3)4)31-12-11-16-5-7-17(8-6-16)20-14-21(24(30)32-25(20)34)23(33)19-10-9-18(28)13-22(19)29/h5-10,13-15,31H,11-12H2,1-4H3,(H3,30,32,34)/t15-/m0/s1. The SMILES string of the molecule is C[C@H](NCCc1ccc(-c2cc(C(=O)c3ccc(F)cc3F)c(N)[nH]c2=O)cc1)C(=O)OC(C)(C)C. The van der Waals surface area contributed by atoms with Crippen LogP contribution in [0.3, 0.4) is 0 Å². The molecule has 0 bridgehead atoms. The van der Waals surface area contributed by atoms with E-state index >= 15 is 0 Å². The number of carbonyl (C=O) groups is 2. The molecule has 2 aromatic carbocycles. The molecule has 1 aromatic heterocycles. The number of pyridine rings is 1. The number of ether oxygens (including phenoxy) is 1. The number of aromatic nitrogens is 1. The highest BCUT2D eigenvalue weighted by atomic mass is 19.1. The van der Waals surface area contributed by atoms with Crippen molar-refractivity contribution in [2.45, 2.75) is 45.8 Å². The van der Waals surface area contributed by atoms with Gasteiger partial charge in [-0.2, -0.15) is 0 Å². The molecule has 3 aromatic rings. The van der Waals surface area contributed by atoms with Crippen LogP contribution in [-0.4, -0.2) is 34.9 Å². The van der Waals surface area contributed by atoms with Crippen LogP contribution in [0.15, 0.2) is 53.3 Å². The Labute approximate surface area is 207 Å². The van der Waals surface area contributed by atoms with Crippen LogP contribution in [0.2, 0.25) is 0 Å². The van der Waals surface area contributed by atoms with Crippen LogP contribution in [0.4, 0.5) is 14.6 Å². The first kappa shape index (κ1) is 26.7. The minimum Gasteiger partial charge on any atom is -0.459 e. The van der Waals surface area contributed by atoms with Gasteiger partial charge in [0, 0.05) is 11.6 Å². The van der Waals surface area contributed by atoms with Crippen LogP contribution < -0.4 is 16.6 Å². The summed E-state index contributed by atoms with van der Waals surface area (Å²) in [6.07, 6.45) is 0.624. The molecule has 0 fully saturated rings. The molecule has 1 atom stereocenters. The minimum absolute atomic E-state index is 0.0977. The third-order valence-corrected chi connectivity index (χ3v) is 5.38. The summed E-state index contributed by atoms with van der Waals surface area (Å²) in [6.45, 7) is 7.70. The first-order valence-corrected chi connectivity index (χ1v) is 11.4. The van der Waals surface area contributed by atoms with Crippen molar-refractivity contribution >= 4 is 17.6 Å². The van der Waals surface area contributed by atoms with E-state index in [1.807, 2.05) is 32.9 Å². The van der Waals surface area contributed by atoms with Gasteiger partial charge in [0.15, 0.2) is 5.78 Å². The summed E-state index contributed by atoms with van der Waals surface area (Å²) in [5.41, 5.74) is 5.98. The summed E-state index contributed by atoms with van der Waals surface area (Å²) < 4.78 is 32.7. The zero-order valence-electron chi connectivity index (χ0n) is 20.6. The Morgan fingerprint density at radius 3 is 2.33 bits per heavy atom. The molecule has 9 heteroatoms. The summed E-state index contributed by atoms with van der Waals surface area (Å²) in [6, 6.07) is 10.6. The summed E-state index contributed by atoms with van der Waals surface area (Å²) >= 11 is 0. The second-order valence-corrected chi connectivity index (χ2v) is 9.45. The Morgan fingerprint density at radius 2 is 1.72 bits per heavy atom. The van der Waals surface area contributed by atoms with Crippen molar-refractivity contribution < 1.29 is 23.1 Å². The summed E-state index contributed by atoms with van der Waals surface area (Å²) in [5.74, 6) is -3.14. The van der Waals surface area contributed by atoms with Gasteiger partial charge in [0.25, 0.3) is 5.56 Å². The van der Waals surface area contributed by atoms with Gasteiger partial charge in [-0.05, 0) is 70.0 Å². The van der Waals surface area contributed by atoms with E-state index in [0.717, 1.165) is 17.7 Å². The van der Waals surface area contributed by atoms with Crippen molar-refractivity contribution in [3.05, 3.63) is 87.2 Å². The highest BCUT2D eigenvalue weighted by Crippen LogP contribution is 2.23. The van der Waals surface area contributed by atoms with Gasteiger partial charge in [-0.15, -0.1) is 0 Å². The lowest BCUT2D eigenvalue weighted by molar-refractivity contribution is -0.156. The molecule has 7 nitrogen and oxygen atoms in total. The molecule has 0 amide bonds. The zero-order chi connectivity index (χ0) is 26.6. The van der Waals surface area contributed by atoms with E-state index < -0.39 is 34.6 Å². The van der Waals surface area contributed by atoms with Crippen LogP contribution >= 0.6 is 0 Å². The number of rotatable bonds is 8. The average molecular weight is 498 g/mol. The lowest BCUT2D eigenvalue weighted by Gasteiger charge is -2.22. The quantitative estimate of drug-likeness (QED) is 0.320. The van der Waals surface area contributed by atoms with Crippen molar-refractivity contribution in [3.8, 4) is 11.1 Å². The Bertz CT molecular complexity index is 1330. The van der Waals surface area contributed by atoms with Crippen LogP contribution in [0.5, 0.6) is 0 Å². The number of hydrogen-bond acceptors (Lipinski definition) is 6. The predicted octanol–water partition coefficient (Wildman–Crippen LogP) is 4.00. The van der Waals surface area contributed by atoms with Gasteiger partial charge in [-0.25, -0.2) is 8.78 Å². The number of ketones is 1. The number of esters is 1. The third-order valence-electron chi connectivity index (χ3n) is 5.38. The number of nitrogen functional groups attached to an aromatic ring is 1. The minimum atomic E-state index is -1.02. The molecule has 0 aliphatic rings. The molecule has 0 radical (unpaired) electrons. The van der Waals surface area contributed by atoms with E-state index in [4.69, 9.17) is 10.5 Å². The summed E-state index contributed by atoms with van der Waals surface area (Å²) in [4.78, 5) is 39.9. The number of H-pyrrole nitrogens is 1. The Balaban J connectivity index is 1.73. The highest BCUT2D eigenvalue weighted by molar-refractivity contribution is 6.12. The number of carbonyl (C=O) groups excluding carboxylic acids is 2. The predicted molar refractivity (Wildman–Crippen MR) is 134 cm³/mol.